The van der Waals surface area contributed by atoms with Gasteiger partial charge in [-0.15, -0.1) is 0 Å². The molecule has 5 nitrogen and oxygen atoms in total. The van der Waals surface area contributed by atoms with Crippen LogP contribution in [0.2, 0.25) is 0 Å². The molecule has 21 heavy (non-hydrogen) atoms. The fraction of sp³-hybridized carbons (Fsp3) is 0.500. The summed E-state index contributed by atoms with van der Waals surface area (Å²) < 4.78 is 4.95. The molecule has 2 N–H and O–H groups in total. The first-order valence-electron chi connectivity index (χ1n) is 7.31. The molecular weight excluding hydrogens is 268 g/mol. The van der Waals surface area contributed by atoms with E-state index in [2.05, 4.69) is 10.6 Å². The maximum absolute atomic E-state index is 12.0. The summed E-state index contributed by atoms with van der Waals surface area (Å²) in [6.07, 6.45) is 0.839. The predicted octanol–water partition coefficient (Wildman–Crippen LogP) is 2.96. The molecule has 2 amide bonds. The zero-order chi connectivity index (χ0) is 15.8. The quantitative estimate of drug-likeness (QED) is 0.792. The van der Waals surface area contributed by atoms with Gasteiger partial charge in [0.05, 0.1) is 12.5 Å². The molecule has 2 atom stereocenters. The minimum absolute atomic E-state index is 0.306. The first-order chi connectivity index (χ1) is 9.99. The number of aryl methyl sites for hydroxylation is 1. The smallest absolute Gasteiger partial charge is 0.319 e. The van der Waals surface area contributed by atoms with Crippen molar-refractivity contribution in [3.05, 3.63) is 29.8 Å². The maximum atomic E-state index is 12.0. The van der Waals surface area contributed by atoms with Crippen molar-refractivity contribution in [2.24, 2.45) is 5.92 Å². The van der Waals surface area contributed by atoms with Crippen LogP contribution in [0.15, 0.2) is 24.3 Å². The number of hydrogen-bond donors (Lipinski definition) is 2. The van der Waals surface area contributed by atoms with E-state index >= 15 is 0 Å². The van der Waals surface area contributed by atoms with Crippen LogP contribution in [0.5, 0.6) is 0 Å². The summed E-state index contributed by atoms with van der Waals surface area (Å²) >= 11 is 0. The molecule has 0 fully saturated rings. The third kappa shape index (κ3) is 5.10. The average Bonchev–Trinajstić information content (AvgIpc) is 2.47. The van der Waals surface area contributed by atoms with Crippen LogP contribution in [0.3, 0.4) is 0 Å². The maximum Gasteiger partial charge on any atom is 0.319 e. The largest absolute Gasteiger partial charge is 0.466 e. The Morgan fingerprint density at radius 3 is 2.48 bits per heavy atom. The molecule has 0 aromatic heterocycles. The Bertz CT molecular complexity index is 488. The molecule has 1 rings (SSSR count). The number of benzene rings is 1. The highest BCUT2D eigenvalue weighted by Gasteiger charge is 2.22. The second kappa shape index (κ2) is 8.29. The van der Waals surface area contributed by atoms with Crippen molar-refractivity contribution in [3.63, 3.8) is 0 Å². The van der Waals surface area contributed by atoms with Crippen LogP contribution in [0.25, 0.3) is 0 Å². The van der Waals surface area contributed by atoms with Gasteiger partial charge in [0.2, 0.25) is 0 Å². The number of carbonyl (C=O) groups excluding carboxylic acids is 2. The summed E-state index contributed by atoms with van der Waals surface area (Å²) in [5.74, 6) is -0.698. The third-order valence-corrected chi connectivity index (χ3v) is 3.41. The van der Waals surface area contributed by atoms with Crippen molar-refractivity contribution < 1.29 is 14.3 Å². The number of carbonyl (C=O) groups is 2. The SMILES string of the molecule is CCOC(=O)[C@@H](C)[C@@H](C)NC(=O)Nc1ccccc1CC. The molecule has 0 heterocycles. The van der Waals surface area contributed by atoms with Crippen LogP contribution in [-0.2, 0) is 16.0 Å². The summed E-state index contributed by atoms with van der Waals surface area (Å²) in [6.45, 7) is 7.66. The number of rotatable bonds is 6. The number of nitrogens with one attached hydrogen (secondary N) is 2. The number of hydrogen-bond acceptors (Lipinski definition) is 3. The van der Waals surface area contributed by atoms with E-state index in [-0.39, 0.29) is 18.0 Å². The molecule has 1 aromatic rings. The van der Waals surface area contributed by atoms with E-state index in [1.807, 2.05) is 31.2 Å². The van der Waals surface area contributed by atoms with Gasteiger partial charge in [-0.25, -0.2) is 4.79 Å². The van der Waals surface area contributed by atoms with Gasteiger partial charge in [0.25, 0.3) is 0 Å². The van der Waals surface area contributed by atoms with Gasteiger partial charge in [-0.2, -0.15) is 0 Å². The van der Waals surface area contributed by atoms with Crippen LogP contribution in [0.4, 0.5) is 10.5 Å². The number of anilines is 1. The Morgan fingerprint density at radius 2 is 1.86 bits per heavy atom. The molecule has 0 bridgehead atoms. The van der Waals surface area contributed by atoms with Gasteiger partial charge in [-0.05, 0) is 38.8 Å². The van der Waals surface area contributed by atoms with Crippen LogP contribution in [0, 0.1) is 5.92 Å². The Balaban J connectivity index is 2.59. The summed E-state index contributed by atoms with van der Waals surface area (Å²) in [7, 11) is 0. The van der Waals surface area contributed by atoms with Gasteiger partial charge in [0.15, 0.2) is 0 Å². The van der Waals surface area contributed by atoms with Crippen molar-refractivity contribution in [3.8, 4) is 0 Å². The lowest BCUT2D eigenvalue weighted by Crippen LogP contribution is -2.42. The van der Waals surface area contributed by atoms with E-state index in [9.17, 15) is 9.59 Å². The van der Waals surface area contributed by atoms with Gasteiger partial charge in [0.1, 0.15) is 0 Å². The van der Waals surface area contributed by atoms with Crippen molar-refractivity contribution in [1.29, 1.82) is 0 Å². The summed E-state index contributed by atoms with van der Waals surface area (Å²) in [5.41, 5.74) is 1.85. The van der Waals surface area contributed by atoms with Gasteiger partial charge in [0, 0.05) is 11.7 Å². The number of urea groups is 1. The number of esters is 1. The molecule has 5 heteroatoms. The standard InChI is InChI=1S/C16H24N2O3/c1-5-13-9-7-8-10-14(13)18-16(20)17-12(4)11(3)15(19)21-6-2/h7-12H,5-6H2,1-4H3,(H2,17,18,20)/t11-,12+/m0/s1. The molecule has 1 aromatic carbocycles. The minimum atomic E-state index is -0.392. The predicted molar refractivity (Wildman–Crippen MR) is 83.2 cm³/mol. The number of amides is 2. The third-order valence-electron chi connectivity index (χ3n) is 3.41. The first-order valence-corrected chi connectivity index (χ1v) is 7.31. The van der Waals surface area contributed by atoms with Crippen LogP contribution in [0.1, 0.15) is 33.3 Å². The monoisotopic (exact) mass is 292 g/mol. The highest BCUT2D eigenvalue weighted by molar-refractivity contribution is 5.90. The van der Waals surface area contributed by atoms with Crippen molar-refractivity contribution >= 4 is 17.7 Å². The fourth-order valence-corrected chi connectivity index (χ4v) is 1.92. The van der Waals surface area contributed by atoms with Crippen molar-refractivity contribution in [2.75, 3.05) is 11.9 Å². The fourth-order valence-electron chi connectivity index (χ4n) is 1.92. The molecule has 0 radical (unpaired) electrons. The Morgan fingerprint density at radius 1 is 1.19 bits per heavy atom. The lowest BCUT2D eigenvalue weighted by molar-refractivity contribution is -0.148. The van der Waals surface area contributed by atoms with Gasteiger partial charge in [-0.3, -0.25) is 4.79 Å². The van der Waals surface area contributed by atoms with Gasteiger partial charge in [-0.1, -0.05) is 25.1 Å². The molecule has 0 spiro atoms. The molecule has 0 aliphatic rings. The van der Waals surface area contributed by atoms with Crippen molar-refractivity contribution in [1.82, 2.24) is 5.32 Å². The Labute approximate surface area is 126 Å². The highest BCUT2D eigenvalue weighted by atomic mass is 16.5. The first kappa shape index (κ1) is 17.0. The normalized spacial score (nSPS) is 13.1. The zero-order valence-corrected chi connectivity index (χ0v) is 13.1. The number of ether oxygens (including phenoxy) is 1. The molecule has 0 unspecified atom stereocenters. The summed E-state index contributed by atoms with van der Waals surface area (Å²) in [4.78, 5) is 23.6. The zero-order valence-electron chi connectivity index (χ0n) is 13.1. The van der Waals surface area contributed by atoms with Crippen LogP contribution in [-0.4, -0.2) is 24.6 Å². The van der Waals surface area contributed by atoms with E-state index in [1.165, 1.54) is 0 Å². The topological polar surface area (TPSA) is 67.4 Å². The van der Waals surface area contributed by atoms with E-state index in [4.69, 9.17) is 4.74 Å². The highest BCUT2D eigenvalue weighted by Crippen LogP contribution is 2.15. The lowest BCUT2D eigenvalue weighted by Gasteiger charge is -2.20. The van der Waals surface area contributed by atoms with Crippen molar-refractivity contribution in [2.45, 2.75) is 40.2 Å². The second-order valence-electron chi connectivity index (χ2n) is 4.94. The minimum Gasteiger partial charge on any atom is -0.466 e. The van der Waals surface area contributed by atoms with E-state index in [0.717, 1.165) is 17.7 Å². The molecule has 0 saturated carbocycles. The molecular formula is C16H24N2O3. The Hall–Kier alpha value is -2.04. The molecule has 0 aliphatic heterocycles. The second-order valence-corrected chi connectivity index (χ2v) is 4.94. The average molecular weight is 292 g/mol. The van der Waals surface area contributed by atoms with Gasteiger partial charge < -0.3 is 15.4 Å². The van der Waals surface area contributed by atoms with Gasteiger partial charge >= 0.3 is 12.0 Å². The summed E-state index contributed by atoms with van der Waals surface area (Å²) in [6, 6.07) is 7.02. The Kier molecular flexibility index (Phi) is 6.72. The lowest BCUT2D eigenvalue weighted by atomic mass is 10.0. The van der Waals surface area contributed by atoms with Crippen LogP contribution < -0.4 is 10.6 Å². The van der Waals surface area contributed by atoms with E-state index in [1.54, 1.807) is 20.8 Å². The molecule has 0 saturated heterocycles. The summed E-state index contributed by atoms with van der Waals surface area (Å²) in [5, 5.41) is 5.58. The van der Waals surface area contributed by atoms with Crippen LogP contribution >= 0.6 is 0 Å². The molecule has 0 aliphatic carbocycles. The van der Waals surface area contributed by atoms with E-state index < -0.39 is 5.92 Å². The number of para-hydroxylation sites is 1. The molecule has 116 valence electrons. The van der Waals surface area contributed by atoms with E-state index in [0.29, 0.717) is 6.61 Å².